The minimum atomic E-state index is 0.706. The molecule has 0 unspecified atom stereocenters. The van der Waals surface area contributed by atoms with Crippen LogP contribution in [0.1, 0.15) is 11.1 Å². The monoisotopic (exact) mass is 218 g/mol. The Morgan fingerprint density at radius 3 is 2.06 bits per heavy atom. The zero-order chi connectivity index (χ0) is 11.5. The molecule has 2 rings (SSSR count). The summed E-state index contributed by atoms with van der Waals surface area (Å²) in [6.45, 7) is 2.30. The number of hydrogen-bond donors (Lipinski definition) is 0. The molecule has 0 bridgehead atoms. The lowest BCUT2D eigenvalue weighted by Crippen LogP contribution is -2.37. The summed E-state index contributed by atoms with van der Waals surface area (Å²) in [4.78, 5) is 4.75. The van der Waals surface area contributed by atoms with Crippen molar-refractivity contribution < 1.29 is 0 Å². The van der Waals surface area contributed by atoms with Crippen molar-refractivity contribution >= 4 is 0 Å². The maximum Gasteiger partial charge on any atom is 0.0174 e. The van der Waals surface area contributed by atoms with Crippen molar-refractivity contribution in [3.63, 3.8) is 0 Å². The van der Waals surface area contributed by atoms with E-state index in [0.717, 1.165) is 13.1 Å². The predicted molar refractivity (Wildman–Crippen MR) is 68.8 cm³/mol. The lowest BCUT2D eigenvalue weighted by molar-refractivity contribution is 0.222. The van der Waals surface area contributed by atoms with Crippen molar-refractivity contribution in [1.82, 2.24) is 9.80 Å². The van der Waals surface area contributed by atoms with Gasteiger partial charge in [0, 0.05) is 19.1 Å². The molecule has 0 radical (unpaired) electrons. The summed E-state index contributed by atoms with van der Waals surface area (Å²) < 4.78 is 0. The van der Waals surface area contributed by atoms with E-state index in [2.05, 4.69) is 55.2 Å². The van der Waals surface area contributed by atoms with E-state index < -0.39 is 0 Å². The van der Waals surface area contributed by atoms with Gasteiger partial charge in [-0.1, -0.05) is 24.3 Å². The first-order valence-electron chi connectivity index (χ1n) is 6.08. The number of benzene rings is 1. The normalized spacial score (nSPS) is 16.1. The van der Waals surface area contributed by atoms with Gasteiger partial charge in [-0.15, -0.1) is 0 Å². The van der Waals surface area contributed by atoms with Gasteiger partial charge in [0.15, 0.2) is 0 Å². The van der Waals surface area contributed by atoms with Crippen molar-refractivity contribution in [3.8, 4) is 0 Å². The summed E-state index contributed by atoms with van der Waals surface area (Å²) in [5.74, 6) is 0. The predicted octanol–water partition coefficient (Wildman–Crippen LogP) is 1.65. The highest BCUT2D eigenvalue weighted by molar-refractivity contribution is 5.33. The minimum absolute atomic E-state index is 0.706. The maximum absolute atomic E-state index is 2.50. The van der Waals surface area contributed by atoms with Crippen LogP contribution < -0.4 is 0 Å². The van der Waals surface area contributed by atoms with Crippen LogP contribution in [-0.2, 0) is 12.8 Å². The molecular formula is C14H22N2. The fourth-order valence-corrected chi connectivity index (χ4v) is 2.39. The van der Waals surface area contributed by atoms with Crippen LogP contribution in [0.15, 0.2) is 24.3 Å². The Bertz CT molecular complexity index is 321. The smallest absolute Gasteiger partial charge is 0.0174 e. The van der Waals surface area contributed by atoms with Crippen LogP contribution in [0.5, 0.6) is 0 Å². The summed E-state index contributed by atoms with van der Waals surface area (Å²) in [5, 5.41) is 0. The third-order valence-corrected chi connectivity index (χ3v) is 3.55. The molecule has 0 atom stereocenters. The number of nitrogens with zero attached hydrogens (tertiary/aromatic N) is 2. The Hall–Kier alpha value is -0.860. The number of fused-ring (bicyclic) bond motifs is 1. The van der Waals surface area contributed by atoms with Gasteiger partial charge in [0.2, 0.25) is 0 Å². The summed E-state index contributed by atoms with van der Waals surface area (Å²) in [6.07, 6.45) is 2.44. The van der Waals surface area contributed by atoms with Gasteiger partial charge < -0.3 is 9.80 Å². The average molecular weight is 218 g/mol. The van der Waals surface area contributed by atoms with E-state index in [9.17, 15) is 0 Å². The topological polar surface area (TPSA) is 6.48 Å². The number of rotatable bonds is 4. The van der Waals surface area contributed by atoms with E-state index in [1.54, 1.807) is 11.1 Å². The van der Waals surface area contributed by atoms with Crippen LogP contribution in [0, 0.1) is 0 Å². The second-order valence-corrected chi connectivity index (χ2v) is 5.11. The number of likely N-dealkylation sites (N-methyl/N-ethyl adjacent to an activating group) is 2. The van der Waals surface area contributed by atoms with Crippen molar-refractivity contribution in [2.24, 2.45) is 0 Å². The van der Waals surface area contributed by atoms with Gasteiger partial charge >= 0.3 is 0 Å². The van der Waals surface area contributed by atoms with Gasteiger partial charge in [0.1, 0.15) is 0 Å². The van der Waals surface area contributed by atoms with Crippen LogP contribution >= 0.6 is 0 Å². The molecule has 0 saturated carbocycles. The lowest BCUT2D eigenvalue weighted by atomic mass is 10.1. The zero-order valence-electron chi connectivity index (χ0n) is 10.6. The molecule has 0 aliphatic heterocycles. The van der Waals surface area contributed by atoms with E-state index in [1.165, 1.54) is 12.8 Å². The molecule has 88 valence electrons. The molecule has 16 heavy (non-hydrogen) atoms. The van der Waals surface area contributed by atoms with Crippen molar-refractivity contribution in [3.05, 3.63) is 35.4 Å². The summed E-state index contributed by atoms with van der Waals surface area (Å²) in [7, 11) is 6.52. The minimum Gasteiger partial charge on any atom is -0.308 e. The fourth-order valence-electron chi connectivity index (χ4n) is 2.39. The number of hydrogen-bond acceptors (Lipinski definition) is 2. The van der Waals surface area contributed by atoms with E-state index in [4.69, 9.17) is 0 Å². The standard InChI is InChI=1S/C14H22N2/c1-15(2)8-9-16(3)14-10-12-6-4-5-7-13(12)11-14/h4-7,14H,8-11H2,1-3H3. The molecule has 0 spiro atoms. The average Bonchev–Trinajstić information content (AvgIpc) is 2.69. The molecule has 1 aromatic rings. The first-order chi connectivity index (χ1) is 7.66. The largest absolute Gasteiger partial charge is 0.308 e. The first kappa shape index (κ1) is 11.6. The first-order valence-corrected chi connectivity index (χ1v) is 6.08. The third kappa shape index (κ3) is 2.63. The van der Waals surface area contributed by atoms with Gasteiger partial charge in [-0.3, -0.25) is 0 Å². The fraction of sp³-hybridized carbons (Fsp3) is 0.571. The Balaban J connectivity index is 1.90. The van der Waals surface area contributed by atoms with Gasteiger partial charge in [-0.2, -0.15) is 0 Å². The molecule has 2 heteroatoms. The highest BCUT2D eigenvalue weighted by Crippen LogP contribution is 2.24. The van der Waals surface area contributed by atoms with Gasteiger partial charge in [-0.25, -0.2) is 0 Å². The van der Waals surface area contributed by atoms with Crippen LogP contribution in [0.3, 0.4) is 0 Å². The van der Waals surface area contributed by atoms with Crippen LogP contribution in [0.25, 0.3) is 0 Å². The zero-order valence-corrected chi connectivity index (χ0v) is 10.6. The Labute approximate surface area is 98.9 Å². The molecule has 1 aromatic carbocycles. The van der Waals surface area contributed by atoms with Crippen molar-refractivity contribution in [2.45, 2.75) is 18.9 Å². The Kier molecular flexibility index (Phi) is 3.62. The Morgan fingerprint density at radius 2 is 1.56 bits per heavy atom. The molecule has 0 amide bonds. The second kappa shape index (κ2) is 4.98. The van der Waals surface area contributed by atoms with Gasteiger partial charge in [-0.05, 0) is 45.1 Å². The van der Waals surface area contributed by atoms with E-state index >= 15 is 0 Å². The van der Waals surface area contributed by atoms with E-state index in [-0.39, 0.29) is 0 Å². The highest BCUT2D eigenvalue weighted by atomic mass is 15.2. The third-order valence-electron chi connectivity index (χ3n) is 3.55. The van der Waals surface area contributed by atoms with E-state index in [1.807, 2.05) is 0 Å². The molecule has 0 saturated heterocycles. The molecule has 1 aliphatic carbocycles. The van der Waals surface area contributed by atoms with Crippen molar-refractivity contribution in [2.75, 3.05) is 34.2 Å². The molecule has 0 heterocycles. The molecule has 0 fully saturated rings. The maximum atomic E-state index is 2.50. The highest BCUT2D eigenvalue weighted by Gasteiger charge is 2.23. The van der Waals surface area contributed by atoms with Crippen LogP contribution in [-0.4, -0.2) is 50.1 Å². The van der Waals surface area contributed by atoms with Gasteiger partial charge in [0.25, 0.3) is 0 Å². The summed E-state index contributed by atoms with van der Waals surface area (Å²) in [5.41, 5.74) is 3.09. The SMILES string of the molecule is CN(C)CCN(C)C1Cc2ccccc2C1. The molecule has 0 aromatic heterocycles. The van der Waals surface area contributed by atoms with Crippen LogP contribution in [0.4, 0.5) is 0 Å². The van der Waals surface area contributed by atoms with Crippen LogP contribution in [0.2, 0.25) is 0 Å². The summed E-state index contributed by atoms with van der Waals surface area (Å²) >= 11 is 0. The van der Waals surface area contributed by atoms with Gasteiger partial charge in [0.05, 0.1) is 0 Å². The Morgan fingerprint density at radius 1 is 1.00 bits per heavy atom. The molecule has 1 aliphatic rings. The van der Waals surface area contributed by atoms with Crippen molar-refractivity contribution in [1.29, 1.82) is 0 Å². The second-order valence-electron chi connectivity index (χ2n) is 5.11. The summed E-state index contributed by atoms with van der Waals surface area (Å²) in [6, 6.07) is 9.56. The molecule has 2 nitrogen and oxygen atoms in total. The molecular weight excluding hydrogens is 196 g/mol. The quantitative estimate of drug-likeness (QED) is 0.758. The molecule has 0 N–H and O–H groups in total. The lowest BCUT2D eigenvalue weighted by Gasteiger charge is -2.25. The van der Waals surface area contributed by atoms with E-state index in [0.29, 0.717) is 6.04 Å².